The van der Waals surface area contributed by atoms with Gasteiger partial charge in [0.1, 0.15) is 11.6 Å². The molecule has 0 unspecified atom stereocenters. The van der Waals surface area contributed by atoms with Crippen LogP contribution in [0, 0.1) is 12.7 Å². The van der Waals surface area contributed by atoms with Gasteiger partial charge in [0.25, 0.3) is 5.91 Å². The van der Waals surface area contributed by atoms with Crippen LogP contribution < -0.4 is 0 Å². The first-order valence-corrected chi connectivity index (χ1v) is 7.89. The monoisotopic (exact) mass is 316 g/mol. The number of likely N-dealkylation sites (N-methyl/N-ethyl adjacent to an activating group) is 1. The van der Waals surface area contributed by atoms with Gasteiger partial charge in [0.15, 0.2) is 0 Å². The molecule has 1 amide bonds. The Balaban J connectivity index is 1.80. The minimum absolute atomic E-state index is 0.0552. The maximum absolute atomic E-state index is 13.4. The van der Waals surface area contributed by atoms with E-state index >= 15 is 0 Å². The van der Waals surface area contributed by atoms with Crippen molar-refractivity contribution in [1.29, 1.82) is 0 Å². The van der Waals surface area contributed by atoms with Crippen LogP contribution in [-0.4, -0.2) is 51.9 Å². The number of carbonyl (C=O) groups excluding carboxylic acids is 1. The fourth-order valence-corrected chi connectivity index (χ4v) is 3.06. The highest BCUT2D eigenvalue weighted by molar-refractivity contribution is 5.94. The van der Waals surface area contributed by atoms with E-state index in [0.29, 0.717) is 24.2 Å². The average molecular weight is 316 g/mol. The number of benzene rings is 1. The van der Waals surface area contributed by atoms with Gasteiger partial charge in [-0.3, -0.25) is 9.69 Å². The van der Waals surface area contributed by atoms with Crippen molar-refractivity contribution in [2.75, 3.05) is 26.2 Å². The number of aromatic nitrogens is 2. The summed E-state index contributed by atoms with van der Waals surface area (Å²) in [5, 5.41) is 0. The second-order valence-corrected chi connectivity index (χ2v) is 5.83. The molecular formula is C17H21FN4O. The number of aryl methyl sites for hydroxylation is 1. The Labute approximate surface area is 135 Å². The Morgan fingerprint density at radius 2 is 2.26 bits per heavy atom. The molecule has 1 N–H and O–H groups in total. The molecule has 6 heteroatoms. The van der Waals surface area contributed by atoms with Crippen LogP contribution in [0.15, 0.2) is 30.6 Å². The Hall–Kier alpha value is -2.21. The zero-order valence-electron chi connectivity index (χ0n) is 13.4. The fourth-order valence-electron chi connectivity index (χ4n) is 3.06. The molecule has 0 bridgehead atoms. The fraction of sp³-hybridized carbons (Fsp3) is 0.412. The molecule has 0 aliphatic carbocycles. The van der Waals surface area contributed by atoms with Gasteiger partial charge in [0.2, 0.25) is 0 Å². The van der Waals surface area contributed by atoms with Gasteiger partial charge in [0.05, 0.1) is 6.04 Å². The first kappa shape index (κ1) is 15.7. The quantitative estimate of drug-likeness (QED) is 0.946. The predicted octanol–water partition coefficient (Wildman–Crippen LogP) is 2.38. The maximum atomic E-state index is 13.4. The van der Waals surface area contributed by atoms with Crippen molar-refractivity contribution in [2.45, 2.75) is 19.9 Å². The Kier molecular flexibility index (Phi) is 4.43. The first-order valence-electron chi connectivity index (χ1n) is 7.89. The summed E-state index contributed by atoms with van der Waals surface area (Å²) in [6, 6.07) is 4.59. The highest BCUT2D eigenvalue weighted by Gasteiger charge is 2.31. The van der Waals surface area contributed by atoms with Crippen LogP contribution in [0.1, 0.15) is 34.7 Å². The van der Waals surface area contributed by atoms with Crippen LogP contribution >= 0.6 is 0 Å². The zero-order valence-corrected chi connectivity index (χ0v) is 13.4. The molecule has 1 atom stereocenters. The van der Waals surface area contributed by atoms with Gasteiger partial charge in [-0.2, -0.15) is 0 Å². The predicted molar refractivity (Wildman–Crippen MR) is 85.6 cm³/mol. The zero-order chi connectivity index (χ0) is 16.4. The number of amides is 1. The van der Waals surface area contributed by atoms with E-state index in [-0.39, 0.29) is 17.8 Å². The molecule has 23 heavy (non-hydrogen) atoms. The standard InChI is InChI=1S/C17H21FN4O/c1-3-21-8-9-22(11-15(21)16-19-6-7-20-16)17(23)13-4-5-14(18)12(2)10-13/h4-7,10,15H,3,8-9,11H2,1-2H3,(H,19,20)/t15-/m0/s1. The Morgan fingerprint density at radius 3 is 2.91 bits per heavy atom. The van der Waals surface area contributed by atoms with Crippen molar-refractivity contribution in [1.82, 2.24) is 19.8 Å². The van der Waals surface area contributed by atoms with Crippen molar-refractivity contribution >= 4 is 5.91 Å². The number of imidazole rings is 1. The van der Waals surface area contributed by atoms with Gasteiger partial charge >= 0.3 is 0 Å². The minimum atomic E-state index is -0.286. The summed E-state index contributed by atoms with van der Waals surface area (Å²) in [6.45, 7) is 6.73. The Morgan fingerprint density at radius 1 is 1.43 bits per heavy atom. The Bertz CT molecular complexity index is 686. The second kappa shape index (κ2) is 6.50. The minimum Gasteiger partial charge on any atom is -0.347 e. The largest absolute Gasteiger partial charge is 0.347 e. The van der Waals surface area contributed by atoms with Crippen LogP contribution in [0.3, 0.4) is 0 Å². The normalized spacial score (nSPS) is 19.1. The second-order valence-electron chi connectivity index (χ2n) is 5.83. The van der Waals surface area contributed by atoms with Gasteiger partial charge in [0, 0.05) is 37.6 Å². The lowest BCUT2D eigenvalue weighted by Gasteiger charge is -2.40. The van der Waals surface area contributed by atoms with Crippen LogP contribution in [0.5, 0.6) is 0 Å². The summed E-state index contributed by atoms with van der Waals surface area (Å²) in [5.74, 6) is 0.533. The average Bonchev–Trinajstić information content (AvgIpc) is 3.10. The van der Waals surface area contributed by atoms with E-state index in [9.17, 15) is 9.18 Å². The summed E-state index contributed by atoms with van der Waals surface area (Å²) in [5.41, 5.74) is 1.03. The van der Waals surface area contributed by atoms with Crippen molar-refractivity contribution in [3.63, 3.8) is 0 Å². The number of H-pyrrole nitrogens is 1. The van der Waals surface area contributed by atoms with Crippen LogP contribution in [0.4, 0.5) is 4.39 Å². The molecule has 1 fully saturated rings. The lowest BCUT2D eigenvalue weighted by atomic mass is 10.1. The van der Waals surface area contributed by atoms with Crippen LogP contribution in [0.2, 0.25) is 0 Å². The highest BCUT2D eigenvalue weighted by atomic mass is 19.1. The topological polar surface area (TPSA) is 52.2 Å². The molecule has 3 rings (SSSR count). The van der Waals surface area contributed by atoms with Gasteiger partial charge in [-0.15, -0.1) is 0 Å². The third kappa shape index (κ3) is 3.12. The van der Waals surface area contributed by atoms with Gasteiger partial charge < -0.3 is 9.88 Å². The van der Waals surface area contributed by atoms with Crippen LogP contribution in [-0.2, 0) is 0 Å². The smallest absolute Gasteiger partial charge is 0.253 e. The molecule has 122 valence electrons. The number of piperazine rings is 1. The van der Waals surface area contributed by atoms with E-state index in [4.69, 9.17) is 0 Å². The molecule has 0 saturated carbocycles. The molecule has 1 aliphatic heterocycles. The van der Waals surface area contributed by atoms with Crippen molar-refractivity contribution < 1.29 is 9.18 Å². The number of halogens is 1. The van der Waals surface area contributed by atoms with E-state index in [0.717, 1.165) is 18.9 Å². The number of carbonyl (C=O) groups is 1. The molecule has 1 aromatic heterocycles. The lowest BCUT2D eigenvalue weighted by molar-refractivity contribution is 0.0479. The van der Waals surface area contributed by atoms with Crippen molar-refractivity contribution in [3.8, 4) is 0 Å². The van der Waals surface area contributed by atoms with E-state index in [2.05, 4.69) is 21.8 Å². The number of hydrogen-bond acceptors (Lipinski definition) is 3. The number of nitrogens with zero attached hydrogens (tertiary/aromatic N) is 3. The molecule has 2 heterocycles. The molecule has 0 spiro atoms. The van der Waals surface area contributed by atoms with Crippen LogP contribution in [0.25, 0.3) is 0 Å². The molecule has 1 saturated heterocycles. The number of aromatic amines is 1. The van der Waals surface area contributed by atoms with Gasteiger partial charge in [-0.1, -0.05) is 6.92 Å². The molecule has 5 nitrogen and oxygen atoms in total. The third-order valence-electron chi connectivity index (χ3n) is 4.42. The van der Waals surface area contributed by atoms with Gasteiger partial charge in [-0.05, 0) is 37.2 Å². The van der Waals surface area contributed by atoms with E-state index in [1.807, 2.05) is 4.90 Å². The highest BCUT2D eigenvalue weighted by Crippen LogP contribution is 2.24. The van der Waals surface area contributed by atoms with E-state index in [1.54, 1.807) is 31.5 Å². The molecule has 1 aliphatic rings. The molecule has 0 radical (unpaired) electrons. The maximum Gasteiger partial charge on any atom is 0.253 e. The number of hydrogen-bond donors (Lipinski definition) is 1. The summed E-state index contributed by atoms with van der Waals surface area (Å²) in [7, 11) is 0. The summed E-state index contributed by atoms with van der Waals surface area (Å²) in [4.78, 5) is 24.3. The third-order valence-corrected chi connectivity index (χ3v) is 4.42. The number of rotatable bonds is 3. The summed E-state index contributed by atoms with van der Waals surface area (Å²) in [6.07, 6.45) is 3.53. The molecule has 2 aromatic rings. The van der Waals surface area contributed by atoms with Gasteiger partial charge in [-0.25, -0.2) is 9.37 Å². The van der Waals surface area contributed by atoms with Crippen molar-refractivity contribution in [3.05, 3.63) is 53.4 Å². The SMILES string of the molecule is CCN1CCN(C(=O)c2ccc(F)c(C)c2)C[C@H]1c1ncc[nH]1. The van der Waals surface area contributed by atoms with E-state index < -0.39 is 0 Å². The summed E-state index contributed by atoms with van der Waals surface area (Å²) >= 11 is 0. The first-order chi connectivity index (χ1) is 11.1. The van der Waals surface area contributed by atoms with Crippen molar-refractivity contribution in [2.24, 2.45) is 0 Å². The lowest BCUT2D eigenvalue weighted by Crippen LogP contribution is -2.50. The van der Waals surface area contributed by atoms with E-state index in [1.165, 1.54) is 6.07 Å². The molecule has 1 aromatic carbocycles. The summed E-state index contributed by atoms with van der Waals surface area (Å²) < 4.78 is 13.4. The number of nitrogens with one attached hydrogen (secondary N) is 1. The molecular weight excluding hydrogens is 295 g/mol.